The Labute approximate surface area is 208 Å². The SMILES string of the molecule is CCNC(=NCc1cccc(S(=O)(=O)N2CCCCC2)c1)NCc1c(C)nn(C)c1C.I. The van der Waals surface area contributed by atoms with E-state index < -0.39 is 10.0 Å². The first-order chi connectivity index (χ1) is 14.8. The molecule has 10 heteroatoms. The molecule has 178 valence electrons. The molecule has 0 atom stereocenters. The highest BCUT2D eigenvalue weighted by Gasteiger charge is 2.25. The minimum absolute atomic E-state index is 0. The summed E-state index contributed by atoms with van der Waals surface area (Å²) in [7, 11) is -1.50. The summed E-state index contributed by atoms with van der Waals surface area (Å²) < 4.78 is 29.4. The second kappa shape index (κ2) is 12.0. The first kappa shape index (κ1) is 26.6. The summed E-state index contributed by atoms with van der Waals surface area (Å²) in [5, 5.41) is 11.1. The number of aliphatic imine (C=N–C) groups is 1. The van der Waals surface area contributed by atoms with E-state index in [1.54, 1.807) is 22.5 Å². The minimum Gasteiger partial charge on any atom is -0.357 e. The van der Waals surface area contributed by atoms with Crippen molar-refractivity contribution in [3.8, 4) is 0 Å². The van der Waals surface area contributed by atoms with Crippen LogP contribution < -0.4 is 10.6 Å². The van der Waals surface area contributed by atoms with E-state index in [0.29, 0.717) is 37.0 Å². The molecule has 0 spiro atoms. The summed E-state index contributed by atoms with van der Waals surface area (Å²) in [6.07, 6.45) is 2.95. The summed E-state index contributed by atoms with van der Waals surface area (Å²) in [6, 6.07) is 7.13. The van der Waals surface area contributed by atoms with Crippen LogP contribution in [0.5, 0.6) is 0 Å². The Bertz CT molecular complexity index is 1030. The third kappa shape index (κ3) is 6.44. The molecule has 0 saturated carbocycles. The van der Waals surface area contributed by atoms with E-state index in [1.807, 2.05) is 31.6 Å². The Morgan fingerprint density at radius 2 is 1.88 bits per heavy atom. The maximum absolute atomic E-state index is 13.0. The van der Waals surface area contributed by atoms with Crippen LogP contribution in [0, 0.1) is 13.8 Å². The molecule has 2 N–H and O–H groups in total. The van der Waals surface area contributed by atoms with Gasteiger partial charge in [0.15, 0.2) is 5.96 Å². The van der Waals surface area contributed by atoms with Crippen LogP contribution in [0.2, 0.25) is 0 Å². The van der Waals surface area contributed by atoms with E-state index in [4.69, 9.17) is 0 Å². The molecule has 1 saturated heterocycles. The average molecular weight is 575 g/mol. The number of guanidine groups is 1. The highest BCUT2D eigenvalue weighted by Crippen LogP contribution is 2.21. The van der Waals surface area contributed by atoms with E-state index in [1.165, 1.54) is 0 Å². The Balaban J connectivity index is 0.00000363. The van der Waals surface area contributed by atoms with Crippen molar-refractivity contribution in [3.05, 3.63) is 46.8 Å². The summed E-state index contributed by atoms with van der Waals surface area (Å²) in [6.45, 7) is 9.03. The maximum atomic E-state index is 13.0. The van der Waals surface area contributed by atoms with Crippen LogP contribution in [-0.2, 0) is 30.2 Å². The van der Waals surface area contributed by atoms with E-state index in [-0.39, 0.29) is 24.0 Å². The van der Waals surface area contributed by atoms with Crippen molar-refractivity contribution in [1.82, 2.24) is 24.7 Å². The van der Waals surface area contributed by atoms with Crippen molar-refractivity contribution >= 4 is 40.0 Å². The fourth-order valence-corrected chi connectivity index (χ4v) is 5.40. The molecule has 2 aromatic rings. The molecule has 1 aliphatic rings. The van der Waals surface area contributed by atoms with Gasteiger partial charge in [0.05, 0.1) is 17.1 Å². The fourth-order valence-electron chi connectivity index (χ4n) is 3.82. The van der Waals surface area contributed by atoms with Crippen LogP contribution in [0.1, 0.15) is 48.7 Å². The Morgan fingerprint density at radius 3 is 2.50 bits per heavy atom. The third-order valence-electron chi connectivity index (χ3n) is 5.71. The van der Waals surface area contributed by atoms with Gasteiger partial charge in [-0.1, -0.05) is 18.6 Å². The van der Waals surface area contributed by atoms with Crippen molar-refractivity contribution < 1.29 is 8.42 Å². The van der Waals surface area contributed by atoms with E-state index in [9.17, 15) is 8.42 Å². The largest absolute Gasteiger partial charge is 0.357 e. The lowest BCUT2D eigenvalue weighted by Gasteiger charge is -2.26. The van der Waals surface area contributed by atoms with Gasteiger partial charge in [-0.3, -0.25) is 4.68 Å². The van der Waals surface area contributed by atoms with Crippen molar-refractivity contribution in [3.63, 3.8) is 0 Å². The molecule has 0 radical (unpaired) electrons. The van der Waals surface area contributed by atoms with Gasteiger partial charge in [-0.05, 0) is 51.3 Å². The molecule has 1 aromatic heterocycles. The first-order valence-electron chi connectivity index (χ1n) is 10.9. The van der Waals surface area contributed by atoms with Gasteiger partial charge in [-0.2, -0.15) is 9.40 Å². The van der Waals surface area contributed by atoms with Crippen LogP contribution in [0.3, 0.4) is 0 Å². The van der Waals surface area contributed by atoms with E-state index in [0.717, 1.165) is 48.3 Å². The van der Waals surface area contributed by atoms with Crippen LogP contribution in [0.25, 0.3) is 0 Å². The van der Waals surface area contributed by atoms with Gasteiger partial charge in [-0.25, -0.2) is 13.4 Å². The first-order valence-corrected chi connectivity index (χ1v) is 12.4. The second-order valence-corrected chi connectivity index (χ2v) is 9.87. The predicted octanol–water partition coefficient (Wildman–Crippen LogP) is 3.08. The summed E-state index contributed by atoms with van der Waals surface area (Å²) in [4.78, 5) is 5.01. The number of piperidine rings is 1. The molecule has 1 fully saturated rings. The molecule has 32 heavy (non-hydrogen) atoms. The van der Waals surface area contributed by atoms with Crippen molar-refractivity contribution in [2.24, 2.45) is 12.0 Å². The fraction of sp³-hybridized carbons (Fsp3) is 0.545. The van der Waals surface area contributed by atoms with Gasteiger partial charge >= 0.3 is 0 Å². The number of nitrogens with one attached hydrogen (secondary N) is 2. The number of hydrogen-bond acceptors (Lipinski definition) is 4. The normalized spacial score (nSPS) is 15.3. The highest BCUT2D eigenvalue weighted by molar-refractivity contribution is 14.0. The minimum atomic E-state index is -3.44. The van der Waals surface area contributed by atoms with Gasteiger partial charge < -0.3 is 10.6 Å². The second-order valence-electron chi connectivity index (χ2n) is 7.93. The molecule has 0 bridgehead atoms. The average Bonchev–Trinajstić information content (AvgIpc) is 3.02. The molecular weight excluding hydrogens is 539 g/mol. The quantitative estimate of drug-likeness (QED) is 0.302. The summed E-state index contributed by atoms with van der Waals surface area (Å²) >= 11 is 0. The number of aromatic nitrogens is 2. The van der Waals surface area contributed by atoms with Gasteiger partial charge in [0.25, 0.3) is 0 Å². The molecule has 0 amide bonds. The lowest BCUT2D eigenvalue weighted by atomic mass is 10.2. The molecule has 8 nitrogen and oxygen atoms in total. The highest BCUT2D eigenvalue weighted by atomic mass is 127. The lowest BCUT2D eigenvalue weighted by molar-refractivity contribution is 0.346. The zero-order valence-corrected chi connectivity index (χ0v) is 22.5. The smallest absolute Gasteiger partial charge is 0.243 e. The van der Waals surface area contributed by atoms with Crippen molar-refractivity contribution in [1.29, 1.82) is 0 Å². The zero-order chi connectivity index (χ0) is 22.4. The Hall–Kier alpha value is -1.66. The monoisotopic (exact) mass is 574 g/mol. The predicted molar refractivity (Wildman–Crippen MR) is 139 cm³/mol. The number of nitrogens with zero attached hydrogens (tertiary/aromatic N) is 4. The number of benzene rings is 1. The number of sulfonamides is 1. The molecule has 1 aliphatic heterocycles. The van der Waals surface area contributed by atoms with E-state index >= 15 is 0 Å². The number of hydrogen-bond donors (Lipinski definition) is 2. The Kier molecular flexibility index (Phi) is 9.96. The number of rotatable bonds is 7. The molecule has 2 heterocycles. The zero-order valence-electron chi connectivity index (χ0n) is 19.4. The van der Waals surface area contributed by atoms with Gasteiger partial charge in [0, 0.05) is 44.5 Å². The Morgan fingerprint density at radius 1 is 1.16 bits per heavy atom. The summed E-state index contributed by atoms with van der Waals surface area (Å²) in [5.41, 5.74) is 4.14. The number of halogens is 1. The van der Waals surface area contributed by atoms with E-state index in [2.05, 4.69) is 27.6 Å². The van der Waals surface area contributed by atoms with Gasteiger partial charge in [0.1, 0.15) is 0 Å². The van der Waals surface area contributed by atoms with Gasteiger partial charge in [0.2, 0.25) is 10.0 Å². The van der Waals surface area contributed by atoms with Gasteiger partial charge in [-0.15, -0.1) is 24.0 Å². The van der Waals surface area contributed by atoms with Crippen LogP contribution in [0.15, 0.2) is 34.2 Å². The summed E-state index contributed by atoms with van der Waals surface area (Å²) in [5.74, 6) is 0.689. The van der Waals surface area contributed by atoms with Crippen molar-refractivity contribution in [2.45, 2.75) is 58.0 Å². The van der Waals surface area contributed by atoms with Crippen LogP contribution >= 0.6 is 24.0 Å². The molecule has 0 aliphatic carbocycles. The van der Waals surface area contributed by atoms with Crippen LogP contribution in [-0.4, -0.2) is 48.1 Å². The van der Waals surface area contributed by atoms with Crippen molar-refractivity contribution in [2.75, 3.05) is 19.6 Å². The molecule has 1 aromatic carbocycles. The number of aryl methyl sites for hydroxylation is 2. The van der Waals surface area contributed by atoms with Crippen LogP contribution in [0.4, 0.5) is 0 Å². The maximum Gasteiger partial charge on any atom is 0.243 e. The molecular formula is C22H35IN6O2S. The molecule has 3 rings (SSSR count). The molecule has 0 unspecified atom stereocenters. The lowest BCUT2D eigenvalue weighted by Crippen LogP contribution is -2.37. The third-order valence-corrected chi connectivity index (χ3v) is 7.60. The standard InChI is InChI=1S/C22H34N6O2S.HI/c1-5-23-22(25-16-21-17(2)26-27(4)18(21)3)24-15-19-10-9-11-20(14-19)31(29,30)28-12-7-6-8-13-28;/h9-11,14H,5-8,12-13,15-16H2,1-4H3,(H2,23,24,25);1H. The topological polar surface area (TPSA) is 91.6 Å².